The normalized spacial score (nSPS) is 11.9. The van der Waals surface area contributed by atoms with E-state index in [1.807, 2.05) is 6.07 Å². The molecule has 2 rings (SSSR count). The van der Waals surface area contributed by atoms with Gasteiger partial charge in [-0.15, -0.1) is 11.8 Å². The Kier molecular flexibility index (Phi) is 4.74. The van der Waals surface area contributed by atoms with E-state index in [4.69, 9.17) is 0 Å². The van der Waals surface area contributed by atoms with Gasteiger partial charge in [0.15, 0.2) is 0 Å². The highest BCUT2D eigenvalue weighted by atomic mass is 32.2. The topological polar surface area (TPSA) is 29.1 Å². The van der Waals surface area contributed by atoms with Gasteiger partial charge in [-0.25, -0.2) is 8.78 Å². The molecule has 20 heavy (non-hydrogen) atoms. The maximum absolute atomic E-state index is 13.5. The molecular weight excluding hydrogens is 280 g/mol. The van der Waals surface area contributed by atoms with Crippen LogP contribution >= 0.6 is 11.8 Å². The number of thioether (sulfide) groups is 1. The van der Waals surface area contributed by atoms with Crippen molar-refractivity contribution in [1.29, 1.82) is 0 Å². The number of benzene rings is 2. The largest absolute Gasteiger partial charge is 0.325 e. The van der Waals surface area contributed by atoms with Crippen LogP contribution in [0.4, 0.5) is 14.5 Å². The van der Waals surface area contributed by atoms with Gasteiger partial charge in [-0.05, 0) is 37.3 Å². The number of carbonyl (C=O) groups is 1. The molecule has 2 aromatic rings. The van der Waals surface area contributed by atoms with E-state index in [9.17, 15) is 13.6 Å². The van der Waals surface area contributed by atoms with E-state index in [0.29, 0.717) is 5.69 Å². The lowest BCUT2D eigenvalue weighted by molar-refractivity contribution is -0.115. The van der Waals surface area contributed by atoms with Crippen molar-refractivity contribution in [1.82, 2.24) is 0 Å². The van der Waals surface area contributed by atoms with Gasteiger partial charge in [0.2, 0.25) is 5.91 Å². The van der Waals surface area contributed by atoms with Crippen LogP contribution in [-0.4, -0.2) is 11.2 Å². The Labute approximate surface area is 120 Å². The molecule has 0 aliphatic rings. The molecule has 0 saturated heterocycles. The summed E-state index contributed by atoms with van der Waals surface area (Å²) < 4.78 is 26.6. The summed E-state index contributed by atoms with van der Waals surface area (Å²) >= 11 is 0.985. The van der Waals surface area contributed by atoms with E-state index >= 15 is 0 Å². The molecule has 0 fully saturated rings. The van der Waals surface area contributed by atoms with E-state index in [0.717, 1.165) is 30.0 Å². The minimum absolute atomic E-state index is 0.126. The summed E-state index contributed by atoms with van der Waals surface area (Å²) in [5, 5.41) is 2.18. The first-order chi connectivity index (χ1) is 9.56. The third-order valence-electron chi connectivity index (χ3n) is 2.61. The molecule has 2 nitrogen and oxygen atoms in total. The minimum Gasteiger partial charge on any atom is -0.325 e. The zero-order valence-electron chi connectivity index (χ0n) is 10.8. The second-order valence-electron chi connectivity index (χ2n) is 4.19. The molecule has 0 aromatic heterocycles. The van der Waals surface area contributed by atoms with Gasteiger partial charge < -0.3 is 5.32 Å². The number of amides is 1. The van der Waals surface area contributed by atoms with E-state index < -0.39 is 16.9 Å². The first-order valence-corrected chi connectivity index (χ1v) is 6.92. The molecule has 1 N–H and O–H groups in total. The maximum atomic E-state index is 13.5. The van der Waals surface area contributed by atoms with Gasteiger partial charge in [-0.2, -0.15) is 0 Å². The number of para-hydroxylation sites is 1. The van der Waals surface area contributed by atoms with Gasteiger partial charge in [0.25, 0.3) is 0 Å². The lowest BCUT2D eigenvalue weighted by Gasteiger charge is -2.12. The second kappa shape index (κ2) is 6.52. The fraction of sp³-hybridized carbons (Fsp3) is 0.133. The molecule has 0 spiro atoms. The van der Waals surface area contributed by atoms with Gasteiger partial charge in [-0.1, -0.05) is 18.2 Å². The highest BCUT2D eigenvalue weighted by molar-refractivity contribution is 8.00. The molecular formula is C15H13F2NOS. The third kappa shape index (κ3) is 3.81. The number of anilines is 1. The Morgan fingerprint density at radius 3 is 2.55 bits per heavy atom. The molecule has 0 bridgehead atoms. The highest BCUT2D eigenvalue weighted by Gasteiger charge is 2.17. The number of nitrogens with one attached hydrogen (secondary N) is 1. The Morgan fingerprint density at radius 1 is 1.15 bits per heavy atom. The van der Waals surface area contributed by atoms with Gasteiger partial charge in [0.1, 0.15) is 11.6 Å². The Hall–Kier alpha value is -1.88. The van der Waals surface area contributed by atoms with Crippen LogP contribution in [0, 0.1) is 11.6 Å². The Balaban J connectivity index is 2.02. The van der Waals surface area contributed by atoms with Gasteiger partial charge in [0, 0.05) is 10.6 Å². The quantitative estimate of drug-likeness (QED) is 0.860. The van der Waals surface area contributed by atoms with E-state index in [1.54, 1.807) is 31.2 Å². The van der Waals surface area contributed by atoms with Crippen LogP contribution in [-0.2, 0) is 4.79 Å². The Morgan fingerprint density at radius 2 is 1.85 bits per heavy atom. The Bertz CT molecular complexity index is 604. The zero-order valence-corrected chi connectivity index (χ0v) is 11.6. The summed E-state index contributed by atoms with van der Waals surface area (Å²) in [4.78, 5) is 12.1. The summed E-state index contributed by atoms with van der Waals surface area (Å²) in [7, 11) is 0. The predicted molar refractivity (Wildman–Crippen MR) is 76.7 cm³/mol. The first kappa shape index (κ1) is 14.5. The molecule has 0 heterocycles. The fourth-order valence-electron chi connectivity index (χ4n) is 1.58. The monoisotopic (exact) mass is 293 g/mol. The number of hydrogen-bond donors (Lipinski definition) is 1. The van der Waals surface area contributed by atoms with Crippen molar-refractivity contribution in [2.45, 2.75) is 17.1 Å². The molecule has 1 unspecified atom stereocenters. The van der Waals surface area contributed by atoms with Gasteiger partial charge >= 0.3 is 0 Å². The van der Waals surface area contributed by atoms with Crippen LogP contribution in [0.25, 0.3) is 0 Å². The third-order valence-corrected chi connectivity index (χ3v) is 3.74. The van der Waals surface area contributed by atoms with Crippen molar-refractivity contribution in [3.8, 4) is 0 Å². The van der Waals surface area contributed by atoms with Crippen LogP contribution in [0.15, 0.2) is 53.4 Å². The van der Waals surface area contributed by atoms with Crippen molar-refractivity contribution < 1.29 is 13.6 Å². The lowest BCUT2D eigenvalue weighted by Crippen LogP contribution is -2.22. The average Bonchev–Trinajstić information content (AvgIpc) is 2.44. The molecule has 1 atom stereocenters. The SMILES string of the molecule is CC(Sc1cc(F)ccc1F)C(=O)Nc1ccccc1. The molecule has 5 heteroatoms. The summed E-state index contributed by atoms with van der Waals surface area (Å²) in [6, 6.07) is 12.2. The van der Waals surface area contributed by atoms with Gasteiger partial charge in [0.05, 0.1) is 5.25 Å². The molecule has 1 amide bonds. The van der Waals surface area contributed by atoms with Crippen LogP contribution < -0.4 is 5.32 Å². The maximum Gasteiger partial charge on any atom is 0.237 e. The second-order valence-corrected chi connectivity index (χ2v) is 5.57. The van der Waals surface area contributed by atoms with Crippen LogP contribution in [0.5, 0.6) is 0 Å². The summed E-state index contributed by atoms with van der Waals surface area (Å²) in [6.45, 7) is 1.65. The number of carbonyl (C=O) groups excluding carboxylic acids is 1. The van der Waals surface area contributed by atoms with Crippen molar-refractivity contribution in [3.05, 3.63) is 60.2 Å². The smallest absolute Gasteiger partial charge is 0.237 e. The van der Waals surface area contributed by atoms with Gasteiger partial charge in [-0.3, -0.25) is 4.79 Å². The number of halogens is 2. The van der Waals surface area contributed by atoms with Crippen LogP contribution in [0.3, 0.4) is 0 Å². The standard InChI is InChI=1S/C15H13F2NOS/c1-10(15(19)18-12-5-3-2-4-6-12)20-14-9-11(16)7-8-13(14)17/h2-10H,1H3,(H,18,19). The summed E-state index contributed by atoms with van der Waals surface area (Å²) in [5.41, 5.74) is 0.671. The van der Waals surface area contributed by atoms with E-state index in [1.165, 1.54) is 0 Å². The molecule has 0 aliphatic heterocycles. The van der Waals surface area contributed by atoms with Crippen molar-refractivity contribution in [2.24, 2.45) is 0 Å². The number of rotatable bonds is 4. The van der Waals surface area contributed by atoms with Crippen LogP contribution in [0.1, 0.15) is 6.92 Å². The van der Waals surface area contributed by atoms with E-state index in [-0.39, 0.29) is 10.8 Å². The number of hydrogen-bond acceptors (Lipinski definition) is 2. The van der Waals surface area contributed by atoms with Crippen molar-refractivity contribution in [2.75, 3.05) is 5.32 Å². The highest BCUT2D eigenvalue weighted by Crippen LogP contribution is 2.27. The average molecular weight is 293 g/mol. The van der Waals surface area contributed by atoms with Crippen molar-refractivity contribution in [3.63, 3.8) is 0 Å². The lowest BCUT2D eigenvalue weighted by atomic mass is 10.3. The first-order valence-electron chi connectivity index (χ1n) is 6.04. The molecule has 2 aromatic carbocycles. The summed E-state index contributed by atoms with van der Waals surface area (Å²) in [6.07, 6.45) is 0. The minimum atomic E-state index is -0.536. The zero-order chi connectivity index (χ0) is 14.5. The predicted octanol–water partition coefficient (Wildman–Crippen LogP) is 4.08. The molecule has 0 aliphatic carbocycles. The van der Waals surface area contributed by atoms with Crippen LogP contribution in [0.2, 0.25) is 0 Å². The summed E-state index contributed by atoms with van der Waals surface area (Å²) in [5.74, 6) is -1.31. The van der Waals surface area contributed by atoms with Crippen molar-refractivity contribution >= 4 is 23.4 Å². The fourth-order valence-corrected chi connectivity index (χ4v) is 2.48. The molecule has 0 radical (unpaired) electrons. The molecule has 104 valence electrons. The van der Waals surface area contributed by atoms with E-state index in [2.05, 4.69) is 5.32 Å². The molecule has 0 saturated carbocycles.